The summed E-state index contributed by atoms with van der Waals surface area (Å²) in [5.74, 6) is -0.837. The number of benzene rings is 2. The summed E-state index contributed by atoms with van der Waals surface area (Å²) in [6.45, 7) is 0. The Labute approximate surface area is 173 Å². The zero-order valence-corrected chi connectivity index (χ0v) is 16.7. The van der Waals surface area contributed by atoms with Gasteiger partial charge in [-0.1, -0.05) is 58.5 Å². The van der Waals surface area contributed by atoms with Crippen LogP contribution in [0, 0.1) is 0 Å². The van der Waals surface area contributed by atoms with Crippen LogP contribution < -0.4 is 5.32 Å². The molecule has 0 radical (unpaired) electrons. The van der Waals surface area contributed by atoms with Crippen molar-refractivity contribution in [2.75, 3.05) is 5.32 Å². The van der Waals surface area contributed by atoms with Crippen molar-refractivity contribution in [3.8, 4) is 0 Å². The Kier molecular flexibility index (Phi) is 5.90. The standard InChI is InChI=1S/C18H9Cl4NO2S/c19-9-5-6-14(23-18(25)12-8-15(21)26-17(12)22)11(7-9)16(24)10-3-1-2-4-13(10)20/h1-8H,(H,23,25). The second-order valence-electron chi connectivity index (χ2n) is 5.19. The monoisotopic (exact) mass is 443 g/mol. The molecule has 2 aromatic carbocycles. The fraction of sp³-hybridized carbons (Fsp3) is 0. The van der Waals surface area contributed by atoms with E-state index in [1.54, 1.807) is 36.4 Å². The highest BCUT2D eigenvalue weighted by Crippen LogP contribution is 2.32. The second kappa shape index (κ2) is 7.99. The van der Waals surface area contributed by atoms with Gasteiger partial charge < -0.3 is 5.32 Å². The van der Waals surface area contributed by atoms with Gasteiger partial charge in [0.25, 0.3) is 5.91 Å². The minimum absolute atomic E-state index is 0.219. The molecular weight excluding hydrogens is 436 g/mol. The van der Waals surface area contributed by atoms with Crippen molar-refractivity contribution in [3.05, 3.63) is 83.9 Å². The molecule has 3 rings (SSSR count). The lowest BCUT2D eigenvalue weighted by Crippen LogP contribution is -2.15. The third-order valence-corrected chi connectivity index (χ3v) is 5.55. The SMILES string of the molecule is O=C(c1ccccc1Cl)c1cc(Cl)ccc1NC(=O)c1cc(Cl)sc1Cl. The van der Waals surface area contributed by atoms with Crippen molar-refractivity contribution < 1.29 is 9.59 Å². The van der Waals surface area contributed by atoms with E-state index in [1.807, 2.05) is 0 Å². The Morgan fingerprint density at radius 1 is 0.846 bits per heavy atom. The van der Waals surface area contributed by atoms with Gasteiger partial charge in [0.15, 0.2) is 5.78 Å². The van der Waals surface area contributed by atoms with Crippen LogP contribution in [-0.4, -0.2) is 11.7 Å². The molecule has 0 aliphatic rings. The molecule has 3 aromatic rings. The fourth-order valence-corrected chi connectivity index (χ4v) is 4.14. The van der Waals surface area contributed by atoms with Crippen molar-refractivity contribution >= 4 is 75.1 Å². The molecule has 0 aliphatic carbocycles. The average Bonchev–Trinajstić information content (AvgIpc) is 2.94. The quantitative estimate of drug-likeness (QED) is 0.447. The van der Waals surface area contributed by atoms with Crippen LogP contribution in [0.5, 0.6) is 0 Å². The molecule has 0 saturated carbocycles. The van der Waals surface area contributed by atoms with Gasteiger partial charge in [-0.2, -0.15) is 0 Å². The van der Waals surface area contributed by atoms with Crippen molar-refractivity contribution in [2.24, 2.45) is 0 Å². The van der Waals surface area contributed by atoms with Gasteiger partial charge in [0.1, 0.15) is 4.34 Å². The molecule has 8 heteroatoms. The number of hydrogen-bond acceptors (Lipinski definition) is 3. The number of amides is 1. The summed E-state index contributed by atoms with van der Waals surface area (Å²) in [6, 6.07) is 12.7. The van der Waals surface area contributed by atoms with E-state index >= 15 is 0 Å². The van der Waals surface area contributed by atoms with Crippen LogP contribution in [0.25, 0.3) is 0 Å². The van der Waals surface area contributed by atoms with Gasteiger partial charge in [0.2, 0.25) is 0 Å². The van der Waals surface area contributed by atoms with Gasteiger partial charge in [-0.05, 0) is 36.4 Å². The normalized spacial score (nSPS) is 10.6. The van der Waals surface area contributed by atoms with Crippen LogP contribution in [0.2, 0.25) is 18.7 Å². The Balaban J connectivity index is 1.99. The molecular formula is C18H9Cl4NO2S. The molecule has 132 valence electrons. The highest BCUT2D eigenvalue weighted by atomic mass is 35.5. The molecule has 0 unspecified atom stereocenters. The smallest absolute Gasteiger partial charge is 0.258 e. The molecule has 0 saturated heterocycles. The van der Waals surface area contributed by atoms with Crippen LogP contribution in [0.1, 0.15) is 26.3 Å². The lowest BCUT2D eigenvalue weighted by Gasteiger charge is -2.11. The maximum atomic E-state index is 12.9. The summed E-state index contributed by atoms with van der Waals surface area (Å²) in [5, 5.41) is 3.34. The fourth-order valence-electron chi connectivity index (χ4n) is 2.29. The molecule has 1 heterocycles. The number of ketones is 1. The summed E-state index contributed by atoms with van der Waals surface area (Å²) in [6.07, 6.45) is 0. The molecule has 26 heavy (non-hydrogen) atoms. The topological polar surface area (TPSA) is 46.2 Å². The molecule has 0 fully saturated rings. The van der Waals surface area contributed by atoms with E-state index in [4.69, 9.17) is 46.4 Å². The van der Waals surface area contributed by atoms with Crippen molar-refractivity contribution in [1.82, 2.24) is 0 Å². The summed E-state index contributed by atoms with van der Waals surface area (Å²) in [4.78, 5) is 25.4. The van der Waals surface area contributed by atoms with E-state index in [-0.39, 0.29) is 21.2 Å². The Hall–Kier alpha value is -1.56. The van der Waals surface area contributed by atoms with E-state index in [0.29, 0.717) is 25.6 Å². The van der Waals surface area contributed by atoms with E-state index in [1.165, 1.54) is 12.1 Å². The van der Waals surface area contributed by atoms with Crippen molar-refractivity contribution in [2.45, 2.75) is 0 Å². The van der Waals surface area contributed by atoms with E-state index in [9.17, 15) is 9.59 Å². The van der Waals surface area contributed by atoms with Gasteiger partial charge in [0.05, 0.1) is 20.6 Å². The second-order valence-corrected chi connectivity index (χ2v) is 8.32. The molecule has 1 N–H and O–H groups in total. The number of halogens is 4. The molecule has 3 nitrogen and oxygen atoms in total. The Morgan fingerprint density at radius 2 is 1.58 bits per heavy atom. The summed E-state index contributed by atoms with van der Waals surface area (Å²) >= 11 is 25.1. The van der Waals surface area contributed by atoms with Gasteiger partial charge in [0, 0.05) is 16.1 Å². The van der Waals surface area contributed by atoms with Crippen LogP contribution >= 0.6 is 57.7 Å². The highest BCUT2D eigenvalue weighted by Gasteiger charge is 2.20. The van der Waals surface area contributed by atoms with E-state index in [2.05, 4.69) is 5.32 Å². The lowest BCUT2D eigenvalue weighted by atomic mass is 10.0. The van der Waals surface area contributed by atoms with Crippen LogP contribution in [0.3, 0.4) is 0 Å². The first-order chi connectivity index (χ1) is 12.4. The van der Waals surface area contributed by atoms with Crippen LogP contribution in [0.15, 0.2) is 48.5 Å². The average molecular weight is 445 g/mol. The number of thiophene rings is 1. The van der Waals surface area contributed by atoms with Crippen LogP contribution in [-0.2, 0) is 0 Å². The number of anilines is 1. The number of carbonyl (C=O) groups is 2. The molecule has 0 aliphatic heterocycles. The van der Waals surface area contributed by atoms with E-state index < -0.39 is 5.91 Å². The number of carbonyl (C=O) groups excluding carboxylic acids is 2. The number of hydrogen-bond donors (Lipinski definition) is 1. The van der Waals surface area contributed by atoms with E-state index in [0.717, 1.165) is 11.3 Å². The first-order valence-electron chi connectivity index (χ1n) is 7.22. The molecule has 1 amide bonds. The van der Waals surface area contributed by atoms with Crippen LogP contribution in [0.4, 0.5) is 5.69 Å². The third-order valence-electron chi connectivity index (χ3n) is 3.49. The van der Waals surface area contributed by atoms with Crippen molar-refractivity contribution in [1.29, 1.82) is 0 Å². The zero-order valence-electron chi connectivity index (χ0n) is 12.9. The Bertz CT molecular complexity index is 1020. The number of rotatable bonds is 4. The maximum Gasteiger partial charge on any atom is 0.258 e. The maximum absolute atomic E-state index is 12.9. The predicted molar refractivity (Wildman–Crippen MR) is 109 cm³/mol. The van der Waals surface area contributed by atoms with Crippen molar-refractivity contribution in [3.63, 3.8) is 0 Å². The minimum Gasteiger partial charge on any atom is -0.321 e. The van der Waals surface area contributed by atoms with Gasteiger partial charge in [-0.15, -0.1) is 11.3 Å². The minimum atomic E-state index is -0.478. The first kappa shape index (κ1) is 19.2. The third kappa shape index (κ3) is 4.05. The Morgan fingerprint density at radius 3 is 2.23 bits per heavy atom. The summed E-state index contributed by atoms with van der Waals surface area (Å²) in [7, 11) is 0. The lowest BCUT2D eigenvalue weighted by molar-refractivity contribution is 0.102. The summed E-state index contributed by atoms with van der Waals surface area (Å²) in [5.41, 5.74) is 1.05. The molecule has 1 aromatic heterocycles. The van der Waals surface area contributed by atoms with Gasteiger partial charge >= 0.3 is 0 Å². The number of nitrogens with one attached hydrogen (secondary N) is 1. The molecule has 0 atom stereocenters. The first-order valence-corrected chi connectivity index (χ1v) is 9.54. The molecule has 0 bridgehead atoms. The predicted octanol–water partition coefficient (Wildman–Crippen LogP) is 6.85. The zero-order chi connectivity index (χ0) is 18.8. The molecule has 0 spiro atoms. The van der Waals surface area contributed by atoms with Gasteiger partial charge in [-0.25, -0.2) is 0 Å². The van der Waals surface area contributed by atoms with Gasteiger partial charge in [-0.3, -0.25) is 9.59 Å². The largest absolute Gasteiger partial charge is 0.321 e. The summed E-state index contributed by atoms with van der Waals surface area (Å²) < 4.78 is 0.657. The highest BCUT2D eigenvalue weighted by molar-refractivity contribution is 7.20.